The Morgan fingerprint density at radius 3 is 2.48 bits per heavy atom. The standard InChI is InChI=1S/C24H27N3O4/c1-3-8-25-23(29)20-13-27(12-19-7-4-15(2)31-19)14-21(22(20)28)24(30)26-11-18-10-16-5-6-17(18)9-16/h3-7,13-14,16-18H,1,8-12H2,2H3,(H,25,29)(H,26,30)/t16-,17+,18-/m0/s1. The van der Waals surface area contributed by atoms with Crippen LogP contribution in [0.25, 0.3) is 0 Å². The lowest BCUT2D eigenvalue weighted by atomic mass is 9.93. The van der Waals surface area contributed by atoms with E-state index in [2.05, 4.69) is 29.4 Å². The normalized spacial score (nSPS) is 21.3. The summed E-state index contributed by atoms with van der Waals surface area (Å²) in [4.78, 5) is 38.4. The monoisotopic (exact) mass is 421 g/mol. The topological polar surface area (TPSA) is 93.3 Å². The number of hydrogen-bond acceptors (Lipinski definition) is 4. The van der Waals surface area contributed by atoms with Crippen LogP contribution in [0.1, 0.15) is 45.1 Å². The number of rotatable bonds is 8. The summed E-state index contributed by atoms with van der Waals surface area (Å²) in [5.74, 6) is 1.93. The van der Waals surface area contributed by atoms with Gasteiger partial charge in [-0.25, -0.2) is 0 Å². The highest BCUT2D eigenvalue weighted by molar-refractivity contribution is 5.99. The molecular weight excluding hydrogens is 394 g/mol. The van der Waals surface area contributed by atoms with Gasteiger partial charge in [0.15, 0.2) is 0 Å². The molecule has 162 valence electrons. The maximum atomic E-state index is 13.0. The van der Waals surface area contributed by atoms with Crippen LogP contribution in [0.3, 0.4) is 0 Å². The predicted octanol–water partition coefficient (Wildman–Crippen LogP) is 2.66. The number of aryl methyl sites for hydroxylation is 1. The van der Waals surface area contributed by atoms with Gasteiger partial charge < -0.3 is 19.6 Å². The van der Waals surface area contributed by atoms with E-state index in [4.69, 9.17) is 4.42 Å². The van der Waals surface area contributed by atoms with Crippen LogP contribution in [-0.2, 0) is 6.54 Å². The zero-order chi connectivity index (χ0) is 22.0. The number of carbonyl (C=O) groups is 2. The number of nitrogens with zero attached hydrogens (tertiary/aromatic N) is 1. The Kier molecular flexibility index (Phi) is 5.93. The molecule has 4 rings (SSSR count). The molecule has 2 aliphatic carbocycles. The van der Waals surface area contributed by atoms with Crippen molar-refractivity contribution < 1.29 is 14.0 Å². The molecule has 2 aliphatic rings. The predicted molar refractivity (Wildman–Crippen MR) is 117 cm³/mol. The summed E-state index contributed by atoms with van der Waals surface area (Å²) in [6, 6.07) is 3.67. The molecule has 2 bridgehead atoms. The Morgan fingerprint density at radius 2 is 1.90 bits per heavy atom. The first-order chi connectivity index (χ1) is 14.9. The van der Waals surface area contributed by atoms with Crippen LogP contribution >= 0.6 is 0 Å². The van der Waals surface area contributed by atoms with Gasteiger partial charge in [-0.05, 0) is 49.7 Å². The molecule has 1 fully saturated rings. The lowest BCUT2D eigenvalue weighted by Crippen LogP contribution is -2.37. The third-order valence-corrected chi connectivity index (χ3v) is 6.05. The van der Waals surface area contributed by atoms with Crippen LogP contribution in [0.2, 0.25) is 0 Å². The first kappa shape index (κ1) is 20.9. The second-order valence-electron chi connectivity index (χ2n) is 8.35. The van der Waals surface area contributed by atoms with Crippen LogP contribution in [0.4, 0.5) is 0 Å². The molecule has 0 radical (unpaired) electrons. The molecule has 31 heavy (non-hydrogen) atoms. The zero-order valence-electron chi connectivity index (χ0n) is 17.6. The van der Waals surface area contributed by atoms with Gasteiger partial charge in [-0.3, -0.25) is 14.4 Å². The maximum absolute atomic E-state index is 13.0. The van der Waals surface area contributed by atoms with Crippen molar-refractivity contribution in [2.75, 3.05) is 13.1 Å². The van der Waals surface area contributed by atoms with Crippen LogP contribution in [0.15, 0.2) is 58.5 Å². The van der Waals surface area contributed by atoms with E-state index in [1.165, 1.54) is 18.5 Å². The fraction of sp³-hybridized carbons (Fsp3) is 0.375. The highest BCUT2D eigenvalue weighted by Crippen LogP contribution is 2.42. The van der Waals surface area contributed by atoms with E-state index in [0.717, 1.165) is 18.6 Å². The Morgan fingerprint density at radius 1 is 1.16 bits per heavy atom. The Hall–Kier alpha value is -3.35. The van der Waals surface area contributed by atoms with Gasteiger partial charge in [-0.2, -0.15) is 0 Å². The van der Waals surface area contributed by atoms with Crippen molar-refractivity contribution in [1.29, 1.82) is 0 Å². The molecule has 0 spiro atoms. The summed E-state index contributed by atoms with van der Waals surface area (Å²) in [5.41, 5.74) is -0.715. The van der Waals surface area contributed by atoms with Gasteiger partial charge >= 0.3 is 0 Å². The van der Waals surface area contributed by atoms with Crippen molar-refractivity contribution in [1.82, 2.24) is 15.2 Å². The summed E-state index contributed by atoms with van der Waals surface area (Å²) in [6.45, 7) is 6.46. The number of fused-ring (bicyclic) bond motifs is 2. The van der Waals surface area contributed by atoms with Crippen LogP contribution in [-0.4, -0.2) is 29.5 Å². The first-order valence-corrected chi connectivity index (χ1v) is 10.6. The fourth-order valence-corrected chi connectivity index (χ4v) is 4.50. The molecule has 2 aromatic heterocycles. The Labute approximate surface area is 180 Å². The molecule has 3 atom stereocenters. The van der Waals surface area contributed by atoms with Crippen molar-refractivity contribution >= 4 is 11.8 Å². The number of carbonyl (C=O) groups excluding carboxylic acids is 2. The minimum absolute atomic E-state index is 0.0479. The summed E-state index contributed by atoms with van der Waals surface area (Å²) in [7, 11) is 0. The number of hydrogen-bond donors (Lipinski definition) is 2. The molecule has 7 nitrogen and oxygen atoms in total. The van der Waals surface area contributed by atoms with Crippen LogP contribution < -0.4 is 16.1 Å². The first-order valence-electron chi connectivity index (χ1n) is 10.6. The third kappa shape index (κ3) is 4.55. The van der Waals surface area contributed by atoms with Gasteiger partial charge in [-0.1, -0.05) is 18.2 Å². The van der Waals surface area contributed by atoms with Crippen LogP contribution in [0.5, 0.6) is 0 Å². The summed E-state index contributed by atoms with van der Waals surface area (Å²) in [5, 5.41) is 5.53. The van der Waals surface area contributed by atoms with E-state index >= 15 is 0 Å². The highest BCUT2D eigenvalue weighted by Gasteiger charge is 2.35. The Balaban J connectivity index is 1.57. The molecular formula is C24H27N3O4. The Bertz CT molecular complexity index is 1090. The number of amides is 2. The molecule has 2 amide bonds. The van der Waals surface area contributed by atoms with E-state index in [1.807, 2.05) is 19.1 Å². The molecule has 0 aliphatic heterocycles. The third-order valence-electron chi connectivity index (χ3n) is 6.05. The fourth-order valence-electron chi connectivity index (χ4n) is 4.50. The number of furan rings is 1. The highest BCUT2D eigenvalue weighted by atomic mass is 16.3. The number of aromatic nitrogens is 1. The molecule has 0 unspecified atom stereocenters. The molecule has 2 N–H and O–H groups in total. The largest absolute Gasteiger partial charge is 0.464 e. The van der Waals surface area contributed by atoms with Crippen molar-refractivity contribution in [2.45, 2.75) is 26.3 Å². The van der Waals surface area contributed by atoms with Gasteiger partial charge in [0, 0.05) is 25.5 Å². The number of nitrogens with one attached hydrogen (secondary N) is 2. The van der Waals surface area contributed by atoms with E-state index < -0.39 is 17.2 Å². The van der Waals surface area contributed by atoms with E-state index in [9.17, 15) is 14.4 Å². The smallest absolute Gasteiger partial charge is 0.257 e. The van der Waals surface area contributed by atoms with Crippen molar-refractivity contribution in [3.8, 4) is 0 Å². The van der Waals surface area contributed by atoms with Gasteiger partial charge in [0.25, 0.3) is 11.8 Å². The van der Waals surface area contributed by atoms with Gasteiger partial charge in [0.2, 0.25) is 5.43 Å². The molecule has 0 saturated heterocycles. The molecule has 1 saturated carbocycles. The van der Waals surface area contributed by atoms with Gasteiger partial charge in [-0.15, -0.1) is 6.58 Å². The quantitative estimate of drug-likeness (QED) is 0.641. The molecule has 7 heteroatoms. The summed E-state index contributed by atoms with van der Waals surface area (Å²) in [6.07, 6.45) is 11.2. The second-order valence-corrected chi connectivity index (χ2v) is 8.35. The van der Waals surface area contributed by atoms with E-state index in [1.54, 1.807) is 4.57 Å². The zero-order valence-corrected chi connectivity index (χ0v) is 17.6. The molecule has 2 heterocycles. The molecule has 2 aromatic rings. The SMILES string of the molecule is C=CCNC(=O)c1cn(Cc2ccc(C)o2)cc(C(=O)NC[C@@H]2C[C@H]3C=C[C@@H]2C3)c1=O. The average molecular weight is 421 g/mol. The second kappa shape index (κ2) is 8.79. The lowest BCUT2D eigenvalue weighted by Gasteiger charge is -2.18. The number of pyridine rings is 1. The van der Waals surface area contributed by atoms with Crippen molar-refractivity contribution in [3.05, 3.63) is 82.2 Å². The van der Waals surface area contributed by atoms with Crippen LogP contribution in [0, 0.1) is 24.7 Å². The van der Waals surface area contributed by atoms with E-state index in [-0.39, 0.29) is 17.7 Å². The lowest BCUT2D eigenvalue weighted by molar-refractivity contribution is 0.0943. The minimum atomic E-state index is -0.584. The average Bonchev–Trinajstić information content (AvgIpc) is 3.48. The number of allylic oxidation sites excluding steroid dienone is 2. The molecule has 0 aromatic carbocycles. The summed E-state index contributed by atoms with van der Waals surface area (Å²) < 4.78 is 7.24. The maximum Gasteiger partial charge on any atom is 0.257 e. The van der Waals surface area contributed by atoms with Gasteiger partial charge in [0.05, 0.1) is 6.54 Å². The van der Waals surface area contributed by atoms with Crippen molar-refractivity contribution in [3.63, 3.8) is 0 Å². The summed E-state index contributed by atoms with van der Waals surface area (Å²) >= 11 is 0. The van der Waals surface area contributed by atoms with Gasteiger partial charge in [0.1, 0.15) is 22.6 Å². The minimum Gasteiger partial charge on any atom is -0.464 e. The van der Waals surface area contributed by atoms with E-state index in [0.29, 0.717) is 36.6 Å². The van der Waals surface area contributed by atoms with Crippen molar-refractivity contribution in [2.24, 2.45) is 17.8 Å².